The SMILES string of the molecule is CNCCN1C=COc2cc(-c3nc(N)cc(C)c3C(F)(F)F)c(Cl)c3c2C1=NCN3.Cl. The van der Waals surface area contributed by atoms with Gasteiger partial charge in [0.15, 0.2) is 0 Å². The number of anilines is 2. The molecule has 4 N–H and O–H groups in total. The molecule has 32 heavy (non-hydrogen) atoms. The number of nitrogens with two attached hydrogens (primary N) is 1. The number of benzene rings is 1. The summed E-state index contributed by atoms with van der Waals surface area (Å²) < 4.78 is 47.4. The quantitative estimate of drug-likeness (QED) is 0.596. The second-order valence-corrected chi connectivity index (χ2v) is 7.47. The summed E-state index contributed by atoms with van der Waals surface area (Å²) in [6.07, 6.45) is -1.45. The van der Waals surface area contributed by atoms with E-state index in [1.165, 1.54) is 25.3 Å². The lowest BCUT2D eigenvalue weighted by molar-refractivity contribution is -0.137. The maximum absolute atomic E-state index is 13.9. The van der Waals surface area contributed by atoms with Crippen molar-refractivity contribution in [2.24, 2.45) is 4.99 Å². The summed E-state index contributed by atoms with van der Waals surface area (Å²) in [4.78, 5) is 10.4. The maximum atomic E-state index is 13.9. The molecule has 0 bridgehead atoms. The molecule has 0 amide bonds. The van der Waals surface area contributed by atoms with E-state index in [9.17, 15) is 13.2 Å². The second kappa shape index (κ2) is 9.05. The van der Waals surface area contributed by atoms with E-state index in [1.807, 2.05) is 11.9 Å². The molecule has 0 saturated carbocycles. The first-order chi connectivity index (χ1) is 14.7. The molecule has 2 aliphatic heterocycles. The van der Waals surface area contributed by atoms with Gasteiger partial charge < -0.3 is 26.0 Å². The van der Waals surface area contributed by atoms with Crippen LogP contribution in [0.3, 0.4) is 0 Å². The van der Waals surface area contributed by atoms with E-state index < -0.39 is 11.7 Å². The monoisotopic (exact) mass is 488 g/mol. The van der Waals surface area contributed by atoms with Crippen LogP contribution in [-0.4, -0.2) is 42.5 Å². The molecular weight excluding hydrogens is 468 g/mol. The summed E-state index contributed by atoms with van der Waals surface area (Å²) in [5.74, 6) is 0.905. The largest absolute Gasteiger partial charge is 0.463 e. The number of nitrogens with one attached hydrogen (secondary N) is 2. The summed E-state index contributed by atoms with van der Waals surface area (Å²) in [7, 11) is 1.84. The Hall–Kier alpha value is -2.69. The average molecular weight is 489 g/mol. The van der Waals surface area contributed by atoms with Gasteiger partial charge in [-0.05, 0) is 31.7 Å². The molecule has 0 fully saturated rings. The maximum Gasteiger partial charge on any atom is 0.418 e. The fourth-order valence-electron chi connectivity index (χ4n) is 3.71. The van der Waals surface area contributed by atoms with Gasteiger partial charge in [0.1, 0.15) is 30.3 Å². The highest BCUT2D eigenvalue weighted by atomic mass is 35.5. The van der Waals surface area contributed by atoms with Gasteiger partial charge >= 0.3 is 6.18 Å². The first-order valence-electron chi connectivity index (χ1n) is 9.46. The molecule has 0 atom stereocenters. The standard InChI is InChI=1S/C20H20ClF3N6O.ClH/c1-10-7-13(25)29-17(15(10)20(22,23)24)11-8-12-14-18(16(11)21)27-9-28-19(14)30(4-3-26-2)5-6-31-12;/h5-8,26-27H,3-4,9H2,1-2H3,(H2,25,29);1H. The van der Waals surface area contributed by atoms with E-state index in [0.717, 1.165) is 0 Å². The van der Waals surface area contributed by atoms with Gasteiger partial charge in [-0.2, -0.15) is 13.2 Å². The topological polar surface area (TPSA) is 87.8 Å². The summed E-state index contributed by atoms with van der Waals surface area (Å²) in [6.45, 7) is 2.86. The minimum absolute atomic E-state index is 0. The molecule has 3 heterocycles. The van der Waals surface area contributed by atoms with Crippen molar-refractivity contribution in [1.82, 2.24) is 15.2 Å². The van der Waals surface area contributed by atoms with Crippen LogP contribution in [0.1, 0.15) is 16.7 Å². The van der Waals surface area contributed by atoms with Crippen LogP contribution in [0.5, 0.6) is 5.75 Å². The Kier molecular flexibility index (Phi) is 6.77. The smallest absolute Gasteiger partial charge is 0.418 e. The molecule has 4 rings (SSSR count). The van der Waals surface area contributed by atoms with E-state index in [1.54, 1.807) is 6.20 Å². The summed E-state index contributed by atoms with van der Waals surface area (Å²) in [6, 6.07) is 2.64. The highest BCUT2D eigenvalue weighted by Crippen LogP contribution is 2.47. The molecule has 172 valence electrons. The molecule has 2 aromatic rings. The zero-order chi connectivity index (χ0) is 22.3. The molecule has 0 unspecified atom stereocenters. The van der Waals surface area contributed by atoms with Crippen molar-refractivity contribution in [2.45, 2.75) is 13.1 Å². The molecule has 0 saturated heterocycles. The normalized spacial score (nSPS) is 14.6. The van der Waals surface area contributed by atoms with Gasteiger partial charge in [-0.3, -0.25) is 0 Å². The molecule has 0 spiro atoms. The Morgan fingerprint density at radius 2 is 2.09 bits per heavy atom. The van der Waals surface area contributed by atoms with Gasteiger partial charge in [-0.25, -0.2) is 9.98 Å². The van der Waals surface area contributed by atoms with Gasteiger partial charge in [0.25, 0.3) is 0 Å². The number of ether oxygens (including phenoxy) is 1. The summed E-state index contributed by atoms with van der Waals surface area (Å²) >= 11 is 6.64. The number of amidine groups is 1. The number of aryl methyl sites for hydroxylation is 1. The van der Waals surface area contributed by atoms with Crippen molar-refractivity contribution in [3.63, 3.8) is 0 Å². The van der Waals surface area contributed by atoms with Crippen LogP contribution in [0.25, 0.3) is 11.3 Å². The number of hydrogen-bond acceptors (Lipinski definition) is 7. The van der Waals surface area contributed by atoms with E-state index >= 15 is 0 Å². The van der Waals surface area contributed by atoms with Crippen molar-refractivity contribution < 1.29 is 17.9 Å². The fraction of sp³-hybridized carbons (Fsp3) is 0.300. The zero-order valence-electron chi connectivity index (χ0n) is 17.2. The zero-order valence-corrected chi connectivity index (χ0v) is 18.8. The summed E-state index contributed by atoms with van der Waals surface area (Å²) in [5, 5.41) is 6.22. The molecule has 0 radical (unpaired) electrons. The van der Waals surface area contributed by atoms with Crippen LogP contribution in [0, 0.1) is 6.92 Å². The highest BCUT2D eigenvalue weighted by Gasteiger charge is 2.38. The van der Waals surface area contributed by atoms with Gasteiger partial charge in [-0.15, -0.1) is 12.4 Å². The van der Waals surface area contributed by atoms with Gasteiger partial charge in [0.05, 0.1) is 27.5 Å². The molecule has 12 heteroatoms. The fourth-order valence-corrected chi connectivity index (χ4v) is 4.01. The van der Waals surface area contributed by atoms with E-state index in [0.29, 0.717) is 35.9 Å². The number of alkyl halides is 3. The molecule has 7 nitrogen and oxygen atoms in total. The number of aliphatic imine (C=N–C) groups is 1. The van der Waals surface area contributed by atoms with Crippen molar-refractivity contribution in [1.29, 1.82) is 0 Å². The van der Waals surface area contributed by atoms with Crippen LogP contribution in [0.2, 0.25) is 5.02 Å². The first-order valence-corrected chi connectivity index (χ1v) is 9.84. The Morgan fingerprint density at radius 3 is 2.78 bits per heavy atom. The summed E-state index contributed by atoms with van der Waals surface area (Å²) in [5.41, 5.74) is 5.60. The Bertz CT molecular complexity index is 1100. The third-order valence-corrected chi connectivity index (χ3v) is 5.41. The molecule has 2 aliphatic rings. The van der Waals surface area contributed by atoms with E-state index in [-0.39, 0.29) is 46.7 Å². The van der Waals surface area contributed by atoms with E-state index in [4.69, 9.17) is 22.1 Å². The second-order valence-electron chi connectivity index (χ2n) is 7.09. The third kappa shape index (κ3) is 4.17. The van der Waals surface area contributed by atoms with Crippen molar-refractivity contribution >= 4 is 41.3 Å². The minimum Gasteiger partial charge on any atom is -0.463 e. The van der Waals surface area contributed by atoms with Crippen molar-refractivity contribution in [2.75, 3.05) is 37.9 Å². The lowest BCUT2D eigenvalue weighted by atomic mass is 9.97. The Balaban J connectivity index is 0.00000289. The van der Waals surface area contributed by atoms with Gasteiger partial charge in [-0.1, -0.05) is 11.6 Å². The molecule has 1 aromatic carbocycles. The lowest BCUT2D eigenvalue weighted by Gasteiger charge is -2.28. The lowest BCUT2D eigenvalue weighted by Crippen LogP contribution is -2.34. The third-order valence-electron chi connectivity index (χ3n) is 5.02. The Morgan fingerprint density at radius 1 is 1.34 bits per heavy atom. The average Bonchev–Trinajstić information content (AvgIpc) is 2.87. The predicted molar refractivity (Wildman–Crippen MR) is 122 cm³/mol. The van der Waals surface area contributed by atoms with Crippen LogP contribution in [0.4, 0.5) is 24.7 Å². The van der Waals surface area contributed by atoms with Crippen LogP contribution < -0.4 is 21.1 Å². The number of hydrogen-bond donors (Lipinski definition) is 3. The molecule has 0 aliphatic carbocycles. The number of nitrogens with zero attached hydrogens (tertiary/aromatic N) is 3. The van der Waals surface area contributed by atoms with Gasteiger partial charge in [0.2, 0.25) is 0 Å². The highest BCUT2D eigenvalue weighted by molar-refractivity contribution is 6.37. The van der Waals surface area contributed by atoms with Gasteiger partial charge in [0, 0.05) is 24.9 Å². The van der Waals surface area contributed by atoms with Crippen LogP contribution in [0.15, 0.2) is 29.6 Å². The number of halogens is 5. The van der Waals surface area contributed by atoms with E-state index in [2.05, 4.69) is 20.6 Å². The Labute approximate surface area is 193 Å². The van der Waals surface area contributed by atoms with Crippen LogP contribution >= 0.6 is 24.0 Å². The number of rotatable bonds is 4. The predicted octanol–water partition coefficient (Wildman–Crippen LogP) is 4.25. The number of nitrogen functional groups attached to an aromatic ring is 1. The molecular formula is C20H21Cl2F3N6O. The number of aromatic nitrogens is 1. The number of pyridine rings is 1. The first kappa shape index (κ1) is 24.0. The van der Waals surface area contributed by atoms with Crippen molar-refractivity contribution in [3.8, 4) is 17.0 Å². The van der Waals surface area contributed by atoms with Crippen molar-refractivity contribution in [3.05, 3.63) is 46.3 Å². The molecule has 1 aromatic heterocycles. The number of likely N-dealkylation sites (N-methyl/N-ethyl adjacent to an activating group) is 1. The minimum atomic E-state index is -4.64. The van der Waals surface area contributed by atoms with Crippen LogP contribution in [-0.2, 0) is 6.18 Å².